The second kappa shape index (κ2) is 21.6. The predicted octanol–water partition coefficient (Wildman–Crippen LogP) is 22.2. The summed E-state index contributed by atoms with van der Waals surface area (Å²) in [6.45, 7) is 0. The van der Waals surface area contributed by atoms with Gasteiger partial charge in [-0.25, -0.2) is 0 Å². The van der Waals surface area contributed by atoms with Crippen molar-refractivity contribution in [1.82, 2.24) is 0 Å². The molecular formula is C78H55N3. The molecule has 0 aliphatic carbocycles. The van der Waals surface area contributed by atoms with E-state index in [-0.39, 0.29) is 0 Å². The van der Waals surface area contributed by atoms with Gasteiger partial charge < -0.3 is 14.7 Å². The van der Waals surface area contributed by atoms with Crippen molar-refractivity contribution in [2.75, 3.05) is 14.7 Å². The van der Waals surface area contributed by atoms with Gasteiger partial charge in [0, 0.05) is 51.2 Å². The molecule has 0 saturated heterocycles. The molecule has 0 fully saturated rings. The van der Waals surface area contributed by atoms with E-state index in [1.807, 2.05) is 0 Å². The Labute approximate surface area is 473 Å². The normalized spacial score (nSPS) is 11.2. The lowest BCUT2D eigenvalue weighted by Crippen LogP contribution is -2.09. The van der Waals surface area contributed by atoms with Crippen molar-refractivity contribution >= 4 is 83.5 Å². The fourth-order valence-electron chi connectivity index (χ4n) is 11.9. The monoisotopic (exact) mass is 1030 g/mol. The third-order valence-corrected chi connectivity index (χ3v) is 15.6. The molecule has 0 unspecified atom stereocenters. The Morgan fingerprint density at radius 3 is 0.889 bits per heavy atom. The SMILES string of the molecule is c1ccc(-c2ccc3c(c2)c2cc(N(c4ccccc4)c4ccccc4)ccc2c2c(-c4ccc(N(c5ccccc5)c5ccccc5)cc4)cc(-c4ccccc4)c(-c4ccc(N(c5ccccc5)c5ccccc5)cc4)c32)cc1. The minimum absolute atomic E-state index is 1.08. The zero-order valence-corrected chi connectivity index (χ0v) is 44.6. The van der Waals surface area contributed by atoms with E-state index < -0.39 is 0 Å². The Balaban J connectivity index is 1.08. The van der Waals surface area contributed by atoms with Crippen molar-refractivity contribution in [3.63, 3.8) is 0 Å². The third kappa shape index (κ3) is 9.33. The molecule has 0 bridgehead atoms. The first-order valence-electron chi connectivity index (χ1n) is 27.7. The molecule has 0 heterocycles. The lowest BCUT2D eigenvalue weighted by molar-refractivity contribution is 1.28. The van der Waals surface area contributed by atoms with Gasteiger partial charge in [0.25, 0.3) is 0 Å². The fourth-order valence-corrected chi connectivity index (χ4v) is 11.9. The van der Waals surface area contributed by atoms with Crippen molar-refractivity contribution in [3.8, 4) is 44.5 Å². The highest BCUT2D eigenvalue weighted by Gasteiger charge is 2.25. The molecule has 0 N–H and O–H groups in total. The van der Waals surface area contributed by atoms with Crippen LogP contribution in [0.5, 0.6) is 0 Å². The summed E-state index contributed by atoms with van der Waals surface area (Å²) in [6.07, 6.45) is 0. The Kier molecular flexibility index (Phi) is 13.0. The summed E-state index contributed by atoms with van der Waals surface area (Å²) in [7, 11) is 0. The minimum atomic E-state index is 1.08. The van der Waals surface area contributed by atoms with Gasteiger partial charge in [-0.2, -0.15) is 0 Å². The maximum Gasteiger partial charge on any atom is 0.0468 e. The highest BCUT2D eigenvalue weighted by Crippen LogP contribution is 2.51. The van der Waals surface area contributed by atoms with Crippen LogP contribution in [-0.4, -0.2) is 0 Å². The number of nitrogens with zero attached hydrogens (tertiary/aromatic N) is 3. The second-order valence-corrected chi connectivity index (χ2v) is 20.4. The van der Waals surface area contributed by atoms with Crippen molar-refractivity contribution < 1.29 is 0 Å². The van der Waals surface area contributed by atoms with Crippen LogP contribution in [0, 0.1) is 0 Å². The number of hydrogen-bond acceptors (Lipinski definition) is 3. The molecule has 3 nitrogen and oxygen atoms in total. The van der Waals surface area contributed by atoms with E-state index in [1.165, 1.54) is 49.0 Å². The number of fused-ring (bicyclic) bond motifs is 6. The summed E-state index contributed by atoms with van der Waals surface area (Å²) < 4.78 is 0. The summed E-state index contributed by atoms with van der Waals surface area (Å²) in [5.74, 6) is 0. The summed E-state index contributed by atoms with van der Waals surface area (Å²) in [4.78, 5) is 7.05. The van der Waals surface area contributed by atoms with Crippen molar-refractivity contribution in [2.24, 2.45) is 0 Å². The van der Waals surface area contributed by atoms with Crippen molar-refractivity contribution in [2.45, 2.75) is 0 Å². The Morgan fingerprint density at radius 1 is 0.160 bits per heavy atom. The van der Waals surface area contributed by atoms with Crippen LogP contribution in [0.1, 0.15) is 0 Å². The molecule has 14 aromatic rings. The van der Waals surface area contributed by atoms with E-state index >= 15 is 0 Å². The number of rotatable bonds is 13. The molecular weight excluding hydrogens is 979 g/mol. The van der Waals surface area contributed by atoms with Crippen LogP contribution >= 0.6 is 0 Å². The smallest absolute Gasteiger partial charge is 0.0468 e. The van der Waals surface area contributed by atoms with Crippen LogP contribution in [0.2, 0.25) is 0 Å². The lowest BCUT2D eigenvalue weighted by Gasteiger charge is -2.27. The van der Waals surface area contributed by atoms with Gasteiger partial charge in [-0.15, -0.1) is 0 Å². The van der Waals surface area contributed by atoms with E-state index in [2.05, 4.69) is 348 Å². The van der Waals surface area contributed by atoms with Crippen LogP contribution in [0.15, 0.2) is 334 Å². The standard InChI is InChI=1S/C78H55N3/c1-9-25-56(26-10-1)60-45-51-71-74(53-60)75-54-69(81(65-37-21-7-22-38-65)66-39-23-8-24-40-66)50-52-70(75)77-73(58-41-46-67(47-42-58)79(61-29-13-3-14-30-61)62-31-15-4-16-32-62)55-72(57-27-11-2-12-28-57)76(78(71)77)59-43-48-68(49-44-59)80(63-33-17-5-18-34-63)64-35-19-6-20-36-64/h1-55H. The van der Waals surface area contributed by atoms with Crippen LogP contribution in [0.25, 0.3) is 76.8 Å². The van der Waals surface area contributed by atoms with Crippen LogP contribution in [0.3, 0.4) is 0 Å². The van der Waals surface area contributed by atoms with E-state index in [4.69, 9.17) is 0 Å². The van der Waals surface area contributed by atoms with E-state index in [1.54, 1.807) is 0 Å². The van der Waals surface area contributed by atoms with Gasteiger partial charge in [-0.1, -0.05) is 212 Å². The summed E-state index contributed by atoms with van der Waals surface area (Å²) >= 11 is 0. The van der Waals surface area contributed by atoms with Gasteiger partial charge in [-0.05, 0) is 198 Å². The zero-order chi connectivity index (χ0) is 53.9. The Morgan fingerprint density at radius 2 is 0.457 bits per heavy atom. The molecule has 0 radical (unpaired) electrons. The van der Waals surface area contributed by atoms with Gasteiger partial charge in [0.05, 0.1) is 0 Å². The van der Waals surface area contributed by atoms with E-state index in [0.717, 1.165) is 79.0 Å². The molecule has 0 aromatic heterocycles. The van der Waals surface area contributed by atoms with Crippen molar-refractivity contribution in [3.05, 3.63) is 334 Å². The first kappa shape index (κ1) is 48.6. The van der Waals surface area contributed by atoms with Crippen molar-refractivity contribution in [1.29, 1.82) is 0 Å². The molecule has 14 rings (SSSR count). The van der Waals surface area contributed by atoms with E-state index in [0.29, 0.717) is 0 Å². The summed E-state index contributed by atoms with van der Waals surface area (Å²) in [6, 6.07) is 121. The molecule has 14 aromatic carbocycles. The minimum Gasteiger partial charge on any atom is -0.311 e. The van der Waals surface area contributed by atoms with Gasteiger partial charge in [0.1, 0.15) is 0 Å². The van der Waals surface area contributed by atoms with Crippen LogP contribution < -0.4 is 14.7 Å². The molecule has 0 amide bonds. The largest absolute Gasteiger partial charge is 0.311 e. The second-order valence-electron chi connectivity index (χ2n) is 20.4. The zero-order valence-electron chi connectivity index (χ0n) is 44.6. The predicted molar refractivity (Wildman–Crippen MR) is 345 cm³/mol. The van der Waals surface area contributed by atoms with Crippen LogP contribution in [0.4, 0.5) is 51.2 Å². The maximum absolute atomic E-state index is 2.47. The molecule has 0 aliphatic heterocycles. The number of hydrogen-bond donors (Lipinski definition) is 0. The molecule has 0 spiro atoms. The molecule has 3 heteroatoms. The molecule has 0 saturated carbocycles. The summed E-state index contributed by atoms with van der Waals surface area (Å²) in [5, 5.41) is 7.14. The Hall–Kier alpha value is -10.7. The number of para-hydroxylation sites is 6. The molecule has 382 valence electrons. The fraction of sp³-hybridized carbons (Fsp3) is 0. The first-order chi connectivity index (χ1) is 40.2. The van der Waals surface area contributed by atoms with Crippen LogP contribution in [-0.2, 0) is 0 Å². The highest BCUT2D eigenvalue weighted by molar-refractivity contribution is 6.33. The molecule has 0 atom stereocenters. The molecule has 0 aliphatic rings. The summed E-state index contributed by atoms with van der Waals surface area (Å²) in [5.41, 5.74) is 19.1. The average molecular weight is 1030 g/mol. The third-order valence-electron chi connectivity index (χ3n) is 15.6. The first-order valence-corrected chi connectivity index (χ1v) is 27.7. The lowest BCUT2D eigenvalue weighted by atomic mass is 9.81. The van der Waals surface area contributed by atoms with E-state index in [9.17, 15) is 0 Å². The Bertz CT molecular complexity index is 4330. The number of anilines is 9. The topological polar surface area (TPSA) is 9.72 Å². The average Bonchev–Trinajstić information content (AvgIpc) is 3.73. The van der Waals surface area contributed by atoms with Gasteiger partial charge >= 0.3 is 0 Å². The van der Waals surface area contributed by atoms with Gasteiger partial charge in [-0.3, -0.25) is 0 Å². The maximum atomic E-state index is 2.47. The quantitative estimate of drug-likeness (QED) is 0.107. The van der Waals surface area contributed by atoms with Gasteiger partial charge in [0.15, 0.2) is 0 Å². The van der Waals surface area contributed by atoms with Gasteiger partial charge in [0.2, 0.25) is 0 Å². The number of benzene rings is 14. The highest BCUT2D eigenvalue weighted by atomic mass is 15.2. The molecule has 81 heavy (non-hydrogen) atoms.